The molecule has 0 unspecified atom stereocenters. The van der Waals surface area contributed by atoms with Crippen LogP contribution in [0.5, 0.6) is 5.88 Å². The number of hydrogen-bond acceptors (Lipinski definition) is 4. The van der Waals surface area contributed by atoms with Crippen molar-refractivity contribution in [2.45, 2.75) is 6.92 Å². The van der Waals surface area contributed by atoms with E-state index < -0.39 is 0 Å². The fourth-order valence-corrected chi connectivity index (χ4v) is 1.72. The highest BCUT2D eigenvalue weighted by atomic mass is 35.5. The Morgan fingerprint density at radius 1 is 1.25 bits per heavy atom. The summed E-state index contributed by atoms with van der Waals surface area (Å²) in [6.07, 6.45) is 1.38. The van der Waals surface area contributed by atoms with Crippen molar-refractivity contribution in [2.75, 3.05) is 11.9 Å². The summed E-state index contributed by atoms with van der Waals surface area (Å²) in [6, 6.07) is 6.47. The predicted molar refractivity (Wildman–Crippen MR) is 77.4 cm³/mol. The molecule has 0 atom stereocenters. The van der Waals surface area contributed by atoms with Crippen molar-refractivity contribution in [1.82, 2.24) is 9.97 Å². The van der Waals surface area contributed by atoms with Crippen LogP contribution >= 0.6 is 23.2 Å². The van der Waals surface area contributed by atoms with Gasteiger partial charge in [-0.25, -0.2) is 9.97 Å². The molecule has 0 spiro atoms. The van der Waals surface area contributed by atoms with E-state index in [-0.39, 0.29) is 12.5 Å². The van der Waals surface area contributed by atoms with Gasteiger partial charge >= 0.3 is 0 Å². The van der Waals surface area contributed by atoms with Crippen LogP contribution in [0.2, 0.25) is 10.0 Å². The Morgan fingerprint density at radius 2 is 2.05 bits per heavy atom. The SMILES string of the molecule is Cc1cc(OCC(=O)Nc2ccc(Cl)c(Cl)c2)ncn1. The summed E-state index contributed by atoms with van der Waals surface area (Å²) in [5.41, 5.74) is 1.31. The number of nitrogens with zero attached hydrogens (tertiary/aromatic N) is 2. The minimum atomic E-state index is -0.320. The summed E-state index contributed by atoms with van der Waals surface area (Å²) in [5.74, 6) is 0.0291. The van der Waals surface area contributed by atoms with Crippen LogP contribution in [0.15, 0.2) is 30.6 Å². The van der Waals surface area contributed by atoms with Crippen LogP contribution < -0.4 is 10.1 Å². The third kappa shape index (κ3) is 4.08. The van der Waals surface area contributed by atoms with Crippen LogP contribution in [-0.2, 0) is 4.79 Å². The minimum absolute atomic E-state index is 0.156. The Hall–Kier alpha value is -1.85. The summed E-state index contributed by atoms with van der Waals surface area (Å²) in [4.78, 5) is 19.5. The largest absolute Gasteiger partial charge is 0.467 e. The van der Waals surface area contributed by atoms with E-state index in [2.05, 4.69) is 15.3 Å². The van der Waals surface area contributed by atoms with E-state index in [1.54, 1.807) is 24.3 Å². The van der Waals surface area contributed by atoms with Gasteiger partial charge in [0.1, 0.15) is 6.33 Å². The van der Waals surface area contributed by atoms with Crippen molar-refractivity contribution < 1.29 is 9.53 Å². The van der Waals surface area contributed by atoms with Gasteiger partial charge < -0.3 is 10.1 Å². The molecule has 1 aromatic carbocycles. The number of hydrogen-bond donors (Lipinski definition) is 1. The van der Waals surface area contributed by atoms with Crippen molar-refractivity contribution in [2.24, 2.45) is 0 Å². The summed E-state index contributed by atoms with van der Waals surface area (Å²) >= 11 is 11.6. The highest BCUT2D eigenvalue weighted by molar-refractivity contribution is 6.42. The fraction of sp³-hybridized carbons (Fsp3) is 0.154. The van der Waals surface area contributed by atoms with Gasteiger partial charge in [0.2, 0.25) is 5.88 Å². The van der Waals surface area contributed by atoms with E-state index in [0.29, 0.717) is 21.6 Å². The number of carbonyl (C=O) groups excluding carboxylic acids is 1. The topological polar surface area (TPSA) is 64.1 Å². The summed E-state index contributed by atoms with van der Waals surface area (Å²) in [6.45, 7) is 1.65. The monoisotopic (exact) mass is 311 g/mol. The molecule has 1 heterocycles. The number of amides is 1. The Morgan fingerprint density at radius 3 is 2.75 bits per heavy atom. The van der Waals surface area contributed by atoms with Gasteiger partial charge in [-0.1, -0.05) is 23.2 Å². The highest BCUT2D eigenvalue weighted by Crippen LogP contribution is 2.24. The first-order chi connectivity index (χ1) is 9.54. The molecule has 1 N–H and O–H groups in total. The highest BCUT2D eigenvalue weighted by Gasteiger charge is 2.06. The van der Waals surface area contributed by atoms with Crippen LogP contribution in [0, 0.1) is 6.92 Å². The molecule has 0 saturated heterocycles. The number of rotatable bonds is 4. The first-order valence-electron chi connectivity index (χ1n) is 5.71. The van der Waals surface area contributed by atoms with E-state index in [4.69, 9.17) is 27.9 Å². The smallest absolute Gasteiger partial charge is 0.262 e. The second kappa shape index (κ2) is 6.54. The quantitative estimate of drug-likeness (QED) is 0.942. The molecule has 2 aromatic rings. The predicted octanol–water partition coefficient (Wildman–Crippen LogP) is 3.11. The fourth-order valence-electron chi connectivity index (χ4n) is 1.42. The molecule has 0 aliphatic rings. The van der Waals surface area contributed by atoms with Gasteiger partial charge in [0.15, 0.2) is 6.61 Å². The number of anilines is 1. The maximum absolute atomic E-state index is 11.7. The molecule has 104 valence electrons. The average molecular weight is 312 g/mol. The van der Waals surface area contributed by atoms with Crippen LogP contribution in [-0.4, -0.2) is 22.5 Å². The number of halogens is 2. The maximum atomic E-state index is 11.7. The minimum Gasteiger partial charge on any atom is -0.467 e. The van der Waals surface area contributed by atoms with Gasteiger partial charge in [-0.2, -0.15) is 0 Å². The Kier molecular flexibility index (Phi) is 4.76. The number of aromatic nitrogens is 2. The standard InChI is InChI=1S/C13H11Cl2N3O2/c1-8-4-13(17-7-16-8)20-6-12(19)18-9-2-3-10(14)11(15)5-9/h2-5,7H,6H2,1H3,(H,18,19). The van der Waals surface area contributed by atoms with Crippen molar-refractivity contribution in [3.8, 4) is 5.88 Å². The van der Waals surface area contributed by atoms with Gasteiger partial charge in [0, 0.05) is 17.4 Å². The summed E-state index contributed by atoms with van der Waals surface area (Å²) in [7, 11) is 0. The van der Waals surface area contributed by atoms with Crippen molar-refractivity contribution in [3.63, 3.8) is 0 Å². The first kappa shape index (κ1) is 14.6. The molecule has 5 nitrogen and oxygen atoms in total. The van der Waals surface area contributed by atoms with Gasteiger partial charge in [0.25, 0.3) is 5.91 Å². The molecule has 0 aliphatic carbocycles. The van der Waals surface area contributed by atoms with Crippen LogP contribution in [0.1, 0.15) is 5.69 Å². The zero-order valence-corrected chi connectivity index (χ0v) is 12.1. The number of nitrogens with one attached hydrogen (secondary N) is 1. The average Bonchev–Trinajstić information content (AvgIpc) is 2.41. The first-order valence-corrected chi connectivity index (χ1v) is 6.46. The molecule has 0 saturated carbocycles. The lowest BCUT2D eigenvalue weighted by Gasteiger charge is -2.07. The number of aryl methyl sites for hydroxylation is 1. The molecule has 1 amide bonds. The van der Waals surface area contributed by atoms with Gasteiger partial charge in [-0.05, 0) is 25.1 Å². The third-order valence-corrected chi connectivity index (χ3v) is 3.07. The second-order valence-electron chi connectivity index (χ2n) is 3.96. The molecule has 20 heavy (non-hydrogen) atoms. The Balaban J connectivity index is 1.91. The lowest BCUT2D eigenvalue weighted by molar-refractivity contribution is -0.118. The Bertz CT molecular complexity index is 635. The molecule has 0 radical (unpaired) electrons. The molecular formula is C13H11Cl2N3O2. The van der Waals surface area contributed by atoms with Crippen LogP contribution in [0.4, 0.5) is 5.69 Å². The third-order valence-electron chi connectivity index (χ3n) is 2.33. The van der Waals surface area contributed by atoms with E-state index in [0.717, 1.165) is 5.69 Å². The zero-order valence-electron chi connectivity index (χ0n) is 10.6. The lowest BCUT2D eigenvalue weighted by atomic mass is 10.3. The van der Waals surface area contributed by atoms with Crippen molar-refractivity contribution in [3.05, 3.63) is 46.3 Å². The molecule has 0 aliphatic heterocycles. The molecule has 0 bridgehead atoms. The van der Waals surface area contributed by atoms with Gasteiger partial charge in [-0.15, -0.1) is 0 Å². The van der Waals surface area contributed by atoms with Gasteiger partial charge in [0.05, 0.1) is 10.0 Å². The van der Waals surface area contributed by atoms with E-state index in [1.807, 2.05) is 6.92 Å². The van der Waals surface area contributed by atoms with E-state index in [9.17, 15) is 4.79 Å². The summed E-state index contributed by atoms with van der Waals surface area (Å²) in [5, 5.41) is 3.44. The van der Waals surface area contributed by atoms with E-state index >= 15 is 0 Å². The summed E-state index contributed by atoms with van der Waals surface area (Å²) < 4.78 is 5.25. The molecule has 1 aromatic heterocycles. The maximum Gasteiger partial charge on any atom is 0.262 e. The molecule has 2 rings (SSSR count). The number of benzene rings is 1. The zero-order chi connectivity index (χ0) is 14.5. The van der Waals surface area contributed by atoms with Gasteiger partial charge in [-0.3, -0.25) is 4.79 Å². The normalized spacial score (nSPS) is 10.2. The van der Waals surface area contributed by atoms with Crippen LogP contribution in [0.25, 0.3) is 0 Å². The molecular weight excluding hydrogens is 301 g/mol. The van der Waals surface area contributed by atoms with Crippen LogP contribution in [0.3, 0.4) is 0 Å². The Labute approximate surface area is 125 Å². The number of carbonyl (C=O) groups is 1. The van der Waals surface area contributed by atoms with E-state index in [1.165, 1.54) is 6.33 Å². The lowest BCUT2D eigenvalue weighted by Crippen LogP contribution is -2.20. The molecule has 0 fully saturated rings. The van der Waals surface area contributed by atoms with Crippen molar-refractivity contribution >= 4 is 34.8 Å². The van der Waals surface area contributed by atoms with Crippen molar-refractivity contribution in [1.29, 1.82) is 0 Å². The number of ether oxygens (including phenoxy) is 1. The second-order valence-corrected chi connectivity index (χ2v) is 4.78. The molecule has 7 heteroatoms.